The summed E-state index contributed by atoms with van der Waals surface area (Å²) in [5.74, 6) is 0.0296. The highest BCUT2D eigenvalue weighted by molar-refractivity contribution is 5.83. The first kappa shape index (κ1) is 7.54. The first-order valence-electron chi connectivity index (χ1n) is 3.13. The normalized spacial score (nSPS) is 8.73. The predicted molar refractivity (Wildman–Crippen MR) is 41.1 cm³/mol. The van der Waals surface area contributed by atoms with Crippen molar-refractivity contribution in [2.24, 2.45) is 0 Å². The highest BCUT2D eigenvalue weighted by Crippen LogP contribution is 2.07. The molecule has 0 spiro atoms. The van der Waals surface area contributed by atoms with Crippen molar-refractivity contribution in [2.45, 2.75) is 0 Å². The molecule has 0 unspecified atom stereocenters. The number of esters is 1. The molecule has 1 rings (SSSR count). The highest BCUT2D eigenvalue weighted by Gasteiger charge is 1.95. The summed E-state index contributed by atoms with van der Waals surface area (Å²) < 4.78 is 4.78. The van der Waals surface area contributed by atoms with Crippen LogP contribution in [0, 0.1) is 6.07 Å². The van der Waals surface area contributed by atoms with Crippen LogP contribution < -0.4 is 4.74 Å². The number of rotatable bonds is 2. The Labute approximate surface area is 65.1 Å². The molecular formula is C9H7O2. The van der Waals surface area contributed by atoms with Gasteiger partial charge in [-0.3, -0.25) is 0 Å². The Bertz CT molecular complexity index is 252. The van der Waals surface area contributed by atoms with E-state index >= 15 is 0 Å². The van der Waals surface area contributed by atoms with E-state index < -0.39 is 5.97 Å². The van der Waals surface area contributed by atoms with E-state index in [-0.39, 0.29) is 0 Å². The second-order valence-corrected chi connectivity index (χ2v) is 1.86. The van der Waals surface area contributed by atoms with Gasteiger partial charge in [-0.2, -0.15) is 0 Å². The third-order valence-electron chi connectivity index (χ3n) is 1.06. The summed E-state index contributed by atoms with van der Waals surface area (Å²) in [6.45, 7) is 3.27. The van der Waals surface area contributed by atoms with Gasteiger partial charge in [-0.05, 0) is 18.2 Å². The van der Waals surface area contributed by atoms with Crippen molar-refractivity contribution in [1.29, 1.82) is 0 Å². The van der Waals surface area contributed by atoms with Gasteiger partial charge in [0.05, 0.1) is 0 Å². The standard InChI is InChI=1S/C9H7O2/c1-2-9(10)11-8-6-4-3-5-7-8/h2-4,6-7H,1H2. The van der Waals surface area contributed by atoms with Crippen molar-refractivity contribution in [3.63, 3.8) is 0 Å². The molecule has 1 radical (unpaired) electrons. The maximum absolute atomic E-state index is 10.6. The Hall–Kier alpha value is -1.57. The van der Waals surface area contributed by atoms with Crippen LogP contribution in [0.3, 0.4) is 0 Å². The fraction of sp³-hybridized carbons (Fsp3) is 0. The second kappa shape index (κ2) is 3.56. The van der Waals surface area contributed by atoms with Crippen LogP contribution in [0.5, 0.6) is 5.75 Å². The zero-order valence-electron chi connectivity index (χ0n) is 5.91. The quantitative estimate of drug-likeness (QED) is 0.360. The lowest BCUT2D eigenvalue weighted by Crippen LogP contribution is -2.02. The Morgan fingerprint density at radius 3 is 3.09 bits per heavy atom. The largest absolute Gasteiger partial charge is 0.423 e. The third-order valence-corrected chi connectivity index (χ3v) is 1.06. The molecule has 0 saturated carbocycles. The maximum Gasteiger partial charge on any atom is 0.335 e. The van der Waals surface area contributed by atoms with Crippen LogP contribution in [-0.2, 0) is 4.79 Å². The van der Waals surface area contributed by atoms with Gasteiger partial charge in [0.25, 0.3) is 0 Å². The number of benzene rings is 1. The average Bonchev–Trinajstić information content (AvgIpc) is 2.06. The maximum atomic E-state index is 10.6. The van der Waals surface area contributed by atoms with Crippen molar-refractivity contribution in [3.05, 3.63) is 43.0 Å². The number of hydrogen-bond acceptors (Lipinski definition) is 2. The van der Waals surface area contributed by atoms with Crippen molar-refractivity contribution in [2.75, 3.05) is 0 Å². The summed E-state index contributed by atoms with van der Waals surface area (Å²) >= 11 is 0. The fourth-order valence-corrected chi connectivity index (χ4v) is 0.598. The molecule has 0 atom stereocenters. The van der Waals surface area contributed by atoms with E-state index in [1.807, 2.05) is 0 Å². The van der Waals surface area contributed by atoms with Crippen LogP contribution in [0.15, 0.2) is 36.9 Å². The molecule has 0 aromatic heterocycles. The molecule has 0 bridgehead atoms. The molecule has 1 aromatic carbocycles. The molecular weight excluding hydrogens is 140 g/mol. The van der Waals surface area contributed by atoms with Crippen molar-refractivity contribution in [1.82, 2.24) is 0 Å². The van der Waals surface area contributed by atoms with Crippen molar-refractivity contribution >= 4 is 5.97 Å². The number of hydrogen-bond donors (Lipinski definition) is 0. The summed E-state index contributed by atoms with van der Waals surface area (Å²) in [5, 5.41) is 0. The molecule has 2 nitrogen and oxygen atoms in total. The van der Waals surface area contributed by atoms with Crippen LogP contribution in [0.1, 0.15) is 0 Å². The Morgan fingerprint density at radius 1 is 1.73 bits per heavy atom. The number of carbonyl (C=O) groups excluding carboxylic acids is 1. The molecule has 1 aromatic rings. The van der Waals surface area contributed by atoms with Crippen LogP contribution in [-0.4, -0.2) is 5.97 Å². The van der Waals surface area contributed by atoms with Gasteiger partial charge in [-0.15, -0.1) is 0 Å². The Morgan fingerprint density at radius 2 is 2.55 bits per heavy atom. The lowest BCUT2D eigenvalue weighted by atomic mass is 10.3. The van der Waals surface area contributed by atoms with Gasteiger partial charge in [0.2, 0.25) is 0 Å². The molecule has 11 heavy (non-hydrogen) atoms. The Kier molecular flexibility index (Phi) is 2.44. The topological polar surface area (TPSA) is 26.3 Å². The van der Waals surface area contributed by atoms with Crippen molar-refractivity contribution in [3.8, 4) is 5.75 Å². The minimum Gasteiger partial charge on any atom is -0.423 e. The van der Waals surface area contributed by atoms with E-state index in [2.05, 4.69) is 12.6 Å². The Balaban J connectivity index is 2.65. The molecule has 0 amide bonds. The molecule has 0 saturated heterocycles. The zero-order chi connectivity index (χ0) is 8.10. The summed E-state index contributed by atoms with van der Waals surface area (Å²) in [5.41, 5.74) is 0. The van der Waals surface area contributed by atoms with E-state index in [1.54, 1.807) is 24.3 Å². The summed E-state index contributed by atoms with van der Waals surface area (Å²) in [7, 11) is 0. The summed E-state index contributed by atoms with van der Waals surface area (Å²) in [4.78, 5) is 10.6. The second-order valence-electron chi connectivity index (χ2n) is 1.86. The van der Waals surface area contributed by atoms with E-state index in [0.717, 1.165) is 6.08 Å². The molecule has 0 heterocycles. The third kappa shape index (κ3) is 2.26. The minimum absolute atomic E-state index is 0.454. The molecule has 2 heteroatoms. The van der Waals surface area contributed by atoms with Gasteiger partial charge in [-0.25, -0.2) is 4.79 Å². The van der Waals surface area contributed by atoms with Crippen LogP contribution >= 0.6 is 0 Å². The smallest absolute Gasteiger partial charge is 0.335 e. The fourth-order valence-electron chi connectivity index (χ4n) is 0.598. The van der Waals surface area contributed by atoms with E-state index in [1.165, 1.54) is 0 Å². The van der Waals surface area contributed by atoms with Crippen molar-refractivity contribution < 1.29 is 9.53 Å². The molecule has 0 aliphatic rings. The van der Waals surface area contributed by atoms with E-state index in [0.29, 0.717) is 5.75 Å². The van der Waals surface area contributed by atoms with Gasteiger partial charge < -0.3 is 4.74 Å². The van der Waals surface area contributed by atoms with Crippen LogP contribution in [0.25, 0.3) is 0 Å². The average molecular weight is 147 g/mol. The summed E-state index contributed by atoms with van der Waals surface area (Å²) in [6, 6.07) is 9.51. The molecule has 0 fully saturated rings. The monoisotopic (exact) mass is 147 g/mol. The van der Waals surface area contributed by atoms with Crippen LogP contribution in [0.4, 0.5) is 0 Å². The lowest BCUT2D eigenvalue weighted by molar-refractivity contribution is -0.128. The molecule has 0 aliphatic carbocycles. The SMILES string of the molecule is C=CC(=O)Oc1c[c]ccc1. The van der Waals surface area contributed by atoms with Gasteiger partial charge in [0.15, 0.2) is 0 Å². The van der Waals surface area contributed by atoms with Gasteiger partial charge in [-0.1, -0.05) is 18.7 Å². The van der Waals surface area contributed by atoms with E-state index in [9.17, 15) is 4.79 Å². The molecule has 0 aliphatic heterocycles. The van der Waals surface area contributed by atoms with E-state index in [4.69, 9.17) is 4.74 Å². The molecule has 0 N–H and O–H groups in total. The van der Waals surface area contributed by atoms with Crippen LogP contribution in [0.2, 0.25) is 0 Å². The van der Waals surface area contributed by atoms with Gasteiger partial charge in [0.1, 0.15) is 5.75 Å². The summed E-state index contributed by atoms with van der Waals surface area (Å²) in [6.07, 6.45) is 1.12. The molecule has 55 valence electrons. The van der Waals surface area contributed by atoms with Gasteiger partial charge >= 0.3 is 5.97 Å². The number of ether oxygens (including phenoxy) is 1. The first-order valence-corrected chi connectivity index (χ1v) is 3.13. The first-order chi connectivity index (χ1) is 5.33. The highest BCUT2D eigenvalue weighted by atomic mass is 16.5. The minimum atomic E-state index is -0.454. The van der Waals surface area contributed by atoms with Gasteiger partial charge in [0, 0.05) is 6.08 Å². The zero-order valence-corrected chi connectivity index (χ0v) is 5.91. The number of carbonyl (C=O) groups is 1. The lowest BCUT2D eigenvalue weighted by Gasteiger charge is -1.97. The predicted octanol–water partition coefficient (Wildman–Crippen LogP) is 1.58.